The Kier molecular flexibility index (Phi) is 3.13. The molecule has 2 aliphatic rings. The van der Waals surface area contributed by atoms with E-state index in [1.807, 2.05) is 12.1 Å². The Labute approximate surface area is 139 Å². The van der Waals surface area contributed by atoms with E-state index in [1.54, 1.807) is 24.3 Å². The van der Waals surface area contributed by atoms with E-state index < -0.39 is 0 Å². The minimum Gasteiger partial charge on any atom is -0.506 e. The van der Waals surface area contributed by atoms with Crippen molar-refractivity contribution in [2.75, 3.05) is 0 Å². The van der Waals surface area contributed by atoms with Crippen molar-refractivity contribution >= 4 is 22.8 Å². The third kappa shape index (κ3) is 2.15. The first-order valence-corrected chi connectivity index (χ1v) is 7.70. The molecular weight excluding hydrogens is 300 g/mol. The van der Waals surface area contributed by atoms with Gasteiger partial charge in [0.25, 0.3) is 0 Å². The first-order valence-electron chi connectivity index (χ1n) is 7.70. The highest BCUT2D eigenvalue weighted by Gasteiger charge is 2.26. The maximum atomic E-state index is 10.1. The predicted molar refractivity (Wildman–Crippen MR) is 96.1 cm³/mol. The quantitative estimate of drug-likeness (QED) is 0.829. The maximum absolute atomic E-state index is 10.1. The van der Waals surface area contributed by atoms with Gasteiger partial charge in [0.05, 0.1) is 11.4 Å². The van der Waals surface area contributed by atoms with Crippen molar-refractivity contribution in [1.29, 1.82) is 0 Å². The Bertz CT molecular complexity index is 888. The van der Waals surface area contributed by atoms with Gasteiger partial charge in [-0.15, -0.1) is 0 Å². The molecule has 2 heterocycles. The average Bonchev–Trinajstić information content (AvgIpc) is 2.55. The van der Waals surface area contributed by atoms with Crippen LogP contribution < -0.4 is 0 Å². The minimum absolute atomic E-state index is 0.141. The number of allylic oxidation sites excluding steroid dienone is 2. The lowest BCUT2D eigenvalue weighted by molar-refractivity contribution is 0.475. The Morgan fingerprint density at radius 3 is 1.54 bits per heavy atom. The molecule has 4 heteroatoms. The third-order valence-corrected chi connectivity index (χ3v) is 4.35. The van der Waals surface area contributed by atoms with Crippen LogP contribution >= 0.6 is 0 Å². The first kappa shape index (κ1) is 14.5. The molecule has 0 atom stereocenters. The molecule has 2 N–H and O–H groups in total. The number of benzene rings is 2. The highest BCUT2D eigenvalue weighted by atomic mass is 16.3. The van der Waals surface area contributed by atoms with E-state index in [0.717, 1.165) is 22.3 Å². The van der Waals surface area contributed by atoms with E-state index in [-0.39, 0.29) is 11.5 Å². The highest BCUT2D eigenvalue weighted by molar-refractivity contribution is 6.54. The predicted octanol–water partition coefficient (Wildman–Crippen LogP) is 4.17. The zero-order valence-corrected chi connectivity index (χ0v) is 13.1. The van der Waals surface area contributed by atoms with Gasteiger partial charge in [0.15, 0.2) is 0 Å². The Morgan fingerprint density at radius 1 is 0.708 bits per heavy atom. The molecule has 24 heavy (non-hydrogen) atoms. The lowest BCUT2D eigenvalue weighted by atomic mass is 9.88. The molecule has 0 radical (unpaired) electrons. The monoisotopic (exact) mass is 316 g/mol. The summed E-state index contributed by atoms with van der Waals surface area (Å²) >= 11 is 0. The summed E-state index contributed by atoms with van der Waals surface area (Å²) in [7, 11) is 0. The molecule has 0 fully saturated rings. The van der Waals surface area contributed by atoms with Gasteiger partial charge in [-0.2, -0.15) is 0 Å². The number of para-hydroxylation sites is 2. The number of aromatic hydroxyl groups is 2. The van der Waals surface area contributed by atoms with Gasteiger partial charge in [0, 0.05) is 12.8 Å². The number of fused-ring (bicyclic) bond motifs is 2. The van der Waals surface area contributed by atoms with E-state index in [4.69, 9.17) is 0 Å². The lowest BCUT2D eigenvalue weighted by Crippen LogP contribution is -2.24. The van der Waals surface area contributed by atoms with Gasteiger partial charge < -0.3 is 10.2 Å². The molecule has 2 aliphatic heterocycles. The van der Waals surface area contributed by atoms with Gasteiger partial charge in [-0.05, 0) is 34.4 Å². The first-order chi connectivity index (χ1) is 11.5. The summed E-state index contributed by atoms with van der Waals surface area (Å²) in [5.41, 5.74) is 5.89. The number of nitrogens with zero attached hydrogens (tertiary/aromatic N) is 2. The van der Waals surface area contributed by atoms with Crippen molar-refractivity contribution in [1.82, 2.24) is 0 Å². The van der Waals surface area contributed by atoms with Crippen LogP contribution in [0, 0.1) is 0 Å². The minimum atomic E-state index is 0.141. The van der Waals surface area contributed by atoms with Gasteiger partial charge in [-0.25, -0.2) is 9.98 Å². The van der Waals surface area contributed by atoms with Crippen molar-refractivity contribution in [3.05, 3.63) is 71.8 Å². The standard InChI is InChI=1S/C20H16N2O2/c1-11-9-13-5-3-7-15(23)19(13)21-17(11)18-12(2)10-14-6-4-8-16(24)20(14)22-18/h3-8,23-24H,1-2,9-10H2. The molecule has 4 rings (SSSR count). The topological polar surface area (TPSA) is 65.2 Å². The fourth-order valence-corrected chi connectivity index (χ4v) is 3.15. The smallest absolute Gasteiger partial charge is 0.141 e. The second kappa shape index (κ2) is 5.20. The van der Waals surface area contributed by atoms with E-state index in [0.29, 0.717) is 35.6 Å². The van der Waals surface area contributed by atoms with Crippen LogP contribution in [0.15, 0.2) is 70.7 Å². The molecule has 0 saturated heterocycles. The number of aliphatic imine (C=N–C) groups is 2. The second-order valence-electron chi connectivity index (χ2n) is 6.05. The molecule has 0 aromatic heterocycles. The number of hydrogen-bond donors (Lipinski definition) is 2. The molecule has 0 unspecified atom stereocenters. The maximum Gasteiger partial charge on any atom is 0.141 e. The third-order valence-electron chi connectivity index (χ3n) is 4.35. The van der Waals surface area contributed by atoms with Crippen LogP contribution in [0.4, 0.5) is 11.4 Å². The van der Waals surface area contributed by atoms with E-state index >= 15 is 0 Å². The van der Waals surface area contributed by atoms with Gasteiger partial charge in [0.2, 0.25) is 0 Å². The second-order valence-corrected chi connectivity index (χ2v) is 6.05. The summed E-state index contributed by atoms with van der Waals surface area (Å²) in [5.74, 6) is 0.283. The van der Waals surface area contributed by atoms with Crippen LogP contribution in [-0.4, -0.2) is 21.6 Å². The van der Waals surface area contributed by atoms with Crippen LogP contribution in [0.3, 0.4) is 0 Å². The van der Waals surface area contributed by atoms with Gasteiger partial charge in [-0.1, -0.05) is 37.4 Å². The molecule has 4 nitrogen and oxygen atoms in total. The molecule has 0 bridgehead atoms. The Balaban J connectivity index is 1.89. The average molecular weight is 316 g/mol. The molecule has 0 saturated carbocycles. The Hall–Kier alpha value is -3.14. The number of phenolic OH excluding ortho intramolecular Hbond substituents is 2. The summed E-state index contributed by atoms with van der Waals surface area (Å²) in [6, 6.07) is 10.7. The molecule has 0 spiro atoms. The summed E-state index contributed by atoms with van der Waals surface area (Å²) < 4.78 is 0. The van der Waals surface area contributed by atoms with E-state index in [2.05, 4.69) is 23.1 Å². The van der Waals surface area contributed by atoms with Crippen LogP contribution in [0.2, 0.25) is 0 Å². The summed E-state index contributed by atoms with van der Waals surface area (Å²) in [4.78, 5) is 9.19. The molecule has 2 aromatic carbocycles. The summed E-state index contributed by atoms with van der Waals surface area (Å²) in [6.07, 6.45) is 1.20. The molecular formula is C20H16N2O2. The zero-order chi connectivity index (χ0) is 16.8. The Morgan fingerprint density at radius 2 is 1.12 bits per heavy atom. The van der Waals surface area contributed by atoms with Crippen LogP contribution in [0.1, 0.15) is 11.1 Å². The highest BCUT2D eigenvalue weighted by Crippen LogP contribution is 2.39. The van der Waals surface area contributed by atoms with Crippen LogP contribution in [0.25, 0.3) is 0 Å². The van der Waals surface area contributed by atoms with Gasteiger partial charge in [0.1, 0.15) is 22.9 Å². The van der Waals surface area contributed by atoms with Gasteiger partial charge in [-0.3, -0.25) is 0 Å². The molecule has 0 aliphatic carbocycles. The normalized spacial score (nSPS) is 16.2. The summed E-state index contributed by atoms with van der Waals surface area (Å²) in [6.45, 7) is 8.23. The number of hydrogen-bond acceptors (Lipinski definition) is 4. The van der Waals surface area contributed by atoms with Crippen molar-refractivity contribution < 1.29 is 10.2 Å². The van der Waals surface area contributed by atoms with Crippen molar-refractivity contribution in [2.45, 2.75) is 12.8 Å². The SMILES string of the molecule is C=C1Cc2cccc(O)c2N=C1C1=Nc2c(O)cccc2CC1=C. The molecule has 0 amide bonds. The molecule has 118 valence electrons. The van der Waals surface area contributed by atoms with Crippen LogP contribution in [0.5, 0.6) is 11.5 Å². The van der Waals surface area contributed by atoms with Crippen molar-refractivity contribution in [3.8, 4) is 11.5 Å². The number of phenols is 2. The fraction of sp³-hybridized carbons (Fsp3) is 0.100. The molecule has 2 aromatic rings. The van der Waals surface area contributed by atoms with Crippen LogP contribution in [-0.2, 0) is 12.8 Å². The summed E-state index contributed by atoms with van der Waals surface area (Å²) in [5, 5.41) is 20.2. The lowest BCUT2D eigenvalue weighted by Gasteiger charge is -2.24. The van der Waals surface area contributed by atoms with E-state index in [9.17, 15) is 10.2 Å². The van der Waals surface area contributed by atoms with Crippen molar-refractivity contribution in [3.63, 3.8) is 0 Å². The van der Waals surface area contributed by atoms with Gasteiger partial charge >= 0.3 is 0 Å². The zero-order valence-electron chi connectivity index (χ0n) is 13.1. The van der Waals surface area contributed by atoms with Crippen molar-refractivity contribution in [2.24, 2.45) is 9.98 Å². The number of rotatable bonds is 1. The van der Waals surface area contributed by atoms with E-state index in [1.165, 1.54) is 0 Å². The largest absolute Gasteiger partial charge is 0.506 e. The fourth-order valence-electron chi connectivity index (χ4n) is 3.15.